The molecular formula is C11H16N2O. The fourth-order valence-electron chi connectivity index (χ4n) is 1.43. The molecule has 0 heterocycles. The van der Waals surface area contributed by atoms with Crippen molar-refractivity contribution < 1.29 is 4.79 Å². The summed E-state index contributed by atoms with van der Waals surface area (Å²) in [5.74, 6) is -0.508. The van der Waals surface area contributed by atoms with Gasteiger partial charge >= 0.3 is 0 Å². The van der Waals surface area contributed by atoms with Gasteiger partial charge in [0.1, 0.15) is 5.54 Å². The van der Waals surface area contributed by atoms with E-state index in [0.717, 1.165) is 16.7 Å². The molecule has 1 atom stereocenters. The molecule has 0 spiro atoms. The van der Waals surface area contributed by atoms with Crippen LogP contribution in [0.1, 0.15) is 23.6 Å². The number of carbonyl (C=O) groups excluding carboxylic acids is 1. The van der Waals surface area contributed by atoms with Crippen LogP contribution in [0.15, 0.2) is 18.2 Å². The summed E-state index contributed by atoms with van der Waals surface area (Å²) in [4.78, 5) is 11.2. The number of aryl methyl sites for hydroxylation is 2. The Hall–Kier alpha value is -1.35. The van der Waals surface area contributed by atoms with Gasteiger partial charge in [-0.15, -0.1) is 0 Å². The largest absolute Gasteiger partial charge is 0.368 e. The Morgan fingerprint density at radius 1 is 1.36 bits per heavy atom. The van der Waals surface area contributed by atoms with Gasteiger partial charge < -0.3 is 11.5 Å². The number of carbonyl (C=O) groups is 1. The molecule has 1 rings (SSSR count). The molecule has 14 heavy (non-hydrogen) atoms. The Bertz CT molecular complexity index is 370. The lowest BCUT2D eigenvalue weighted by atomic mass is 9.88. The Morgan fingerprint density at radius 3 is 2.43 bits per heavy atom. The average molecular weight is 192 g/mol. The maximum Gasteiger partial charge on any atom is 0.241 e. The van der Waals surface area contributed by atoms with E-state index in [1.54, 1.807) is 6.92 Å². The molecule has 3 heteroatoms. The Balaban J connectivity index is 3.31. The average Bonchev–Trinajstić information content (AvgIpc) is 2.08. The maximum absolute atomic E-state index is 11.2. The lowest BCUT2D eigenvalue weighted by Crippen LogP contribution is -2.46. The second-order valence-electron chi connectivity index (χ2n) is 3.88. The van der Waals surface area contributed by atoms with Gasteiger partial charge in [0.05, 0.1) is 0 Å². The van der Waals surface area contributed by atoms with E-state index in [9.17, 15) is 4.79 Å². The van der Waals surface area contributed by atoms with Crippen molar-refractivity contribution in [2.45, 2.75) is 26.3 Å². The Morgan fingerprint density at radius 2 is 1.93 bits per heavy atom. The predicted octanol–water partition coefficient (Wildman–Crippen LogP) is 0.963. The minimum atomic E-state index is -1.09. The summed E-state index contributed by atoms with van der Waals surface area (Å²) in [6.07, 6.45) is 0. The molecule has 0 fully saturated rings. The first-order valence-electron chi connectivity index (χ1n) is 4.52. The number of primary amides is 1. The highest BCUT2D eigenvalue weighted by atomic mass is 16.1. The monoisotopic (exact) mass is 192 g/mol. The molecular weight excluding hydrogens is 176 g/mol. The van der Waals surface area contributed by atoms with Crippen molar-refractivity contribution in [3.63, 3.8) is 0 Å². The zero-order valence-electron chi connectivity index (χ0n) is 8.79. The van der Waals surface area contributed by atoms with Gasteiger partial charge in [-0.25, -0.2) is 0 Å². The molecule has 3 nitrogen and oxygen atoms in total. The van der Waals surface area contributed by atoms with E-state index in [4.69, 9.17) is 11.5 Å². The van der Waals surface area contributed by atoms with Crippen molar-refractivity contribution in [1.29, 1.82) is 0 Å². The summed E-state index contributed by atoms with van der Waals surface area (Å²) in [6.45, 7) is 5.51. The van der Waals surface area contributed by atoms with Crippen molar-refractivity contribution in [3.05, 3.63) is 34.9 Å². The van der Waals surface area contributed by atoms with E-state index in [1.807, 2.05) is 32.0 Å². The van der Waals surface area contributed by atoms with Crippen LogP contribution < -0.4 is 11.5 Å². The molecule has 0 bridgehead atoms. The van der Waals surface area contributed by atoms with E-state index in [1.165, 1.54) is 0 Å². The molecule has 0 saturated carbocycles. The van der Waals surface area contributed by atoms with Crippen LogP contribution in [0.2, 0.25) is 0 Å². The third-order valence-corrected chi connectivity index (χ3v) is 2.46. The zero-order chi connectivity index (χ0) is 10.9. The van der Waals surface area contributed by atoms with Gasteiger partial charge in [0.15, 0.2) is 0 Å². The molecule has 0 aliphatic carbocycles. The zero-order valence-corrected chi connectivity index (χ0v) is 8.79. The number of rotatable bonds is 2. The van der Waals surface area contributed by atoms with Crippen molar-refractivity contribution in [2.24, 2.45) is 11.5 Å². The minimum Gasteiger partial charge on any atom is -0.368 e. The molecule has 0 aromatic heterocycles. The van der Waals surface area contributed by atoms with Crippen LogP contribution in [0, 0.1) is 13.8 Å². The summed E-state index contributed by atoms with van der Waals surface area (Å²) in [5.41, 5.74) is 12.9. The molecule has 0 saturated heterocycles. The lowest BCUT2D eigenvalue weighted by molar-refractivity contribution is -0.122. The summed E-state index contributed by atoms with van der Waals surface area (Å²) in [6, 6.07) is 5.83. The second-order valence-corrected chi connectivity index (χ2v) is 3.88. The summed E-state index contributed by atoms with van der Waals surface area (Å²) in [5, 5.41) is 0. The van der Waals surface area contributed by atoms with E-state index < -0.39 is 11.4 Å². The normalized spacial score (nSPS) is 14.9. The van der Waals surface area contributed by atoms with Gasteiger partial charge in [0.25, 0.3) is 0 Å². The Kier molecular flexibility index (Phi) is 2.62. The number of benzene rings is 1. The smallest absolute Gasteiger partial charge is 0.241 e. The van der Waals surface area contributed by atoms with Crippen LogP contribution in [0.5, 0.6) is 0 Å². The fourth-order valence-corrected chi connectivity index (χ4v) is 1.43. The third-order valence-electron chi connectivity index (χ3n) is 2.46. The first kappa shape index (κ1) is 10.7. The first-order valence-corrected chi connectivity index (χ1v) is 4.52. The Labute approximate surface area is 84.1 Å². The van der Waals surface area contributed by atoms with Crippen molar-refractivity contribution in [2.75, 3.05) is 0 Å². The van der Waals surface area contributed by atoms with Crippen LogP contribution >= 0.6 is 0 Å². The first-order chi connectivity index (χ1) is 6.35. The van der Waals surface area contributed by atoms with Crippen LogP contribution in [0.25, 0.3) is 0 Å². The van der Waals surface area contributed by atoms with E-state index >= 15 is 0 Å². The van der Waals surface area contributed by atoms with Gasteiger partial charge in [-0.2, -0.15) is 0 Å². The summed E-state index contributed by atoms with van der Waals surface area (Å²) >= 11 is 0. The van der Waals surface area contributed by atoms with Gasteiger partial charge in [-0.05, 0) is 31.9 Å². The van der Waals surface area contributed by atoms with Gasteiger partial charge in [-0.1, -0.05) is 23.8 Å². The van der Waals surface area contributed by atoms with Gasteiger partial charge in [-0.3, -0.25) is 4.79 Å². The molecule has 0 aliphatic rings. The van der Waals surface area contributed by atoms with Crippen molar-refractivity contribution >= 4 is 5.91 Å². The summed E-state index contributed by atoms with van der Waals surface area (Å²) < 4.78 is 0. The molecule has 4 N–H and O–H groups in total. The number of hydrogen-bond acceptors (Lipinski definition) is 2. The predicted molar refractivity (Wildman–Crippen MR) is 56.6 cm³/mol. The van der Waals surface area contributed by atoms with Crippen molar-refractivity contribution in [1.82, 2.24) is 0 Å². The molecule has 1 aromatic rings. The van der Waals surface area contributed by atoms with Crippen LogP contribution in [0.3, 0.4) is 0 Å². The van der Waals surface area contributed by atoms with Gasteiger partial charge in [0.2, 0.25) is 5.91 Å². The van der Waals surface area contributed by atoms with Crippen LogP contribution in [0.4, 0.5) is 0 Å². The molecule has 1 aromatic carbocycles. The third kappa shape index (κ3) is 1.77. The van der Waals surface area contributed by atoms with Gasteiger partial charge in [0, 0.05) is 0 Å². The molecule has 0 radical (unpaired) electrons. The maximum atomic E-state index is 11.2. The quantitative estimate of drug-likeness (QED) is 0.732. The molecule has 1 unspecified atom stereocenters. The number of hydrogen-bond donors (Lipinski definition) is 2. The second kappa shape index (κ2) is 3.42. The molecule has 76 valence electrons. The van der Waals surface area contributed by atoms with E-state index in [0.29, 0.717) is 0 Å². The highest BCUT2D eigenvalue weighted by molar-refractivity contribution is 5.85. The van der Waals surface area contributed by atoms with Crippen LogP contribution in [-0.2, 0) is 10.3 Å². The molecule has 0 aliphatic heterocycles. The fraction of sp³-hybridized carbons (Fsp3) is 0.364. The van der Waals surface area contributed by atoms with E-state index in [-0.39, 0.29) is 0 Å². The lowest BCUT2D eigenvalue weighted by Gasteiger charge is -2.23. The molecule has 1 amide bonds. The number of amides is 1. The highest BCUT2D eigenvalue weighted by Gasteiger charge is 2.29. The minimum absolute atomic E-state index is 0.508. The van der Waals surface area contributed by atoms with E-state index in [2.05, 4.69) is 0 Å². The van der Waals surface area contributed by atoms with Crippen LogP contribution in [-0.4, -0.2) is 5.91 Å². The standard InChI is InChI=1S/C11H16N2O/c1-7-4-5-8(2)9(6-7)11(3,13)10(12)14/h4-6H,13H2,1-3H3,(H2,12,14). The highest BCUT2D eigenvalue weighted by Crippen LogP contribution is 2.22. The SMILES string of the molecule is Cc1ccc(C)c(C(C)(N)C(N)=O)c1. The van der Waals surface area contributed by atoms with Crippen molar-refractivity contribution in [3.8, 4) is 0 Å². The number of nitrogens with two attached hydrogens (primary N) is 2. The topological polar surface area (TPSA) is 69.1 Å². The summed E-state index contributed by atoms with van der Waals surface area (Å²) in [7, 11) is 0.